The van der Waals surface area contributed by atoms with Gasteiger partial charge in [-0.2, -0.15) is 5.10 Å². The standard InChI is InChI=1S/C19H22N6O/c26-17-8-7-16(12-1-2-12)24-25(17)14-5-3-13(4-6-14)23-19-15-9-10-20-18(15)21-11-22-19/h7-14H,1-6H2,(H2,20,21,22,23). The summed E-state index contributed by atoms with van der Waals surface area (Å²) in [5.74, 6) is 1.45. The van der Waals surface area contributed by atoms with Crippen molar-refractivity contribution in [3.05, 3.63) is 46.8 Å². The molecule has 7 nitrogen and oxygen atoms in total. The summed E-state index contributed by atoms with van der Waals surface area (Å²) in [5.41, 5.74) is 1.96. The highest BCUT2D eigenvalue weighted by Gasteiger charge is 2.28. The third-order valence-corrected chi connectivity index (χ3v) is 5.58. The molecule has 0 radical (unpaired) electrons. The molecule has 0 aliphatic heterocycles. The first-order valence-electron chi connectivity index (χ1n) is 9.42. The summed E-state index contributed by atoms with van der Waals surface area (Å²) in [5, 5.41) is 9.24. The third kappa shape index (κ3) is 2.87. The Morgan fingerprint density at radius 1 is 1.04 bits per heavy atom. The molecule has 0 amide bonds. The molecule has 7 heteroatoms. The number of H-pyrrole nitrogens is 1. The minimum Gasteiger partial charge on any atom is -0.367 e. The van der Waals surface area contributed by atoms with Crippen molar-refractivity contribution in [3.63, 3.8) is 0 Å². The number of anilines is 1. The molecule has 2 aliphatic carbocycles. The van der Waals surface area contributed by atoms with Crippen molar-refractivity contribution in [2.24, 2.45) is 0 Å². The van der Waals surface area contributed by atoms with Gasteiger partial charge in [-0.25, -0.2) is 14.6 Å². The largest absolute Gasteiger partial charge is 0.367 e. The summed E-state index contributed by atoms with van der Waals surface area (Å²) < 4.78 is 1.74. The second-order valence-electron chi connectivity index (χ2n) is 7.43. The molecule has 2 aliphatic rings. The molecule has 3 aromatic heterocycles. The van der Waals surface area contributed by atoms with E-state index in [2.05, 4.69) is 25.4 Å². The molecule has 3 aromatic rings. The zero-order valence-corrected chi connectivity index (χ0v) is 14.6. The molecule has 0 atom stereocenters. The number of aromatic nitrogens is 5. The smallest absolute Gasteiger partial charge is 0.267 e. The van der Waals surface area contributed by atoms with E-state index in [0.29, 0.717) is 12.0 Å². The molecule has 5 rings (SSSR count). The zero-order chi connectivity index (χ0) is 17.5. The average molecular weight is 350 g/mol. The van der Waals surface area contributed by atoms with E-state index in [9.17, 15) is 4.79 Å². The van der Waals surface area contributed by atoms with Crippen LogP contribution in [-0.2, 0) is 0 Å². The fourth-order valence-electron chi connectivity index (χ4n) is 3.94. The Labute approximate surface area is 150 Å². The summed E-state index contributed by atoms with van der Waals surface area (Å²) in [6.45, 7) is 0. The lowest BCUT2D eigenvalue weighted by Gasteiger charge is -2.30. The van der Waals surface area contributed by atoms with Gasteiger partial charge in [0.25, 0.3) is 5.56 Å². The number of fused-ring (bicyclic) bond motifs is 1. The molecule has 0 aromatic carbocycles. The van der Waals surface area contributed by atoms with E-state index >= 15 is 0 Å². The predicted molar refractivity (Wildman–Crippen MR) is 99.3 cm³/mol. The Morgan fingerprint density at radius 3 is 2.69 bits per heavy atom. The van der Waals surface area contributed by atoms with Crippen LogP contribution in [0, 0.1) is 0 Å². The Morgan fingerprint density at radius 2 is 1.88 bits per heavy atom. The van der Waals surface area contributed by atoms with Crippen molar-refractivity contribution in [2.75, 3.05) is 5.32 Å². The monoisotopic (exact) mass is 350 g/mol. The molecule has 0 bridgehead atoms. The Hall–Kier alpha value is -2.70. The average Bonchev–Trinajstić information content (AvgIpc) is 3.40. The van der Waals surface area contributed by atoms with Crippen LogP contribution in [0.5, 0.6) is 0 Å². The maximum absolute atomic E-state index is 12.3. The van der Waals surface area contributed by atoms with E-state index < -0.39 is 0 Å². The molecule has 0 spiro atoms. The van der Waals surface area contributed by atoms with E-state index in [1.54, 1.807) is 17.1 Å². The van der Waals surface area contributed by atoms with Gasteiger partial charge in [-0.15, -0.1) is 0 Å². The van der Waals surface area contributed by atoms with Gasteiger partial charge < -0.3 is 10.3 Å². The number of nitrogens with one attached hydrogen (secondary N) is 2. The van der Waals surface area contributed by atoms with E-state index in [1.165, 1.54) is 12.8 Å². The fourth-order valence-corrected chi connectivity index (χ4v) is 3.94. The van der Waals surface area contributed by atoms with Crippen LogP contribution in [0.25, 0.3) is 11.0 Å². The molecular weight excluding hydrogens is 328 g/mol. The van der Waals surface area contributed by atoms with Gasteiger partial charge >= 0.3 is 0 Å². The van der Waals surface area contributed by atoms with E-state index in [0.717, 1.165) is 48.2 Å². The minimum atomic E-state index is 0.0237. The Kier molecular flexibility index (Phi) is 3.72. The van der Waals surface area contributed by atoms with Crippen molar-refractivity contribution < 1.29 is 0 Å². The normalized spacial score (nSPS) is 23.2. The van der Waals surface area contributed by atoms with Crippen LogP contribution in [-0.4, -0.2) is 30.8 Å². The van der Waals surface area contributed by atoms with Crippen LogP contribution < -0.4 is 10.9 Å². The summed E-state index contributed by atoms with van der Waals surface area (Å²) in [7, 11) is 0. The molecule has 26 heavy (non-hydrogen) atoms. The summed E-state index contributed by atoms with van der Waals surface area (Å²) >= 11 is 0. The summed E-state index contributed by atoms with van der Waals surface area (Å²) in [6.07, 6.45) is 9.79. The van der Waals surface area contributed by atoms with Crippen molar-refractivity contribution in [3.8, 4) is 0 Å². The van der Waals surface area contributed by atoms with Gasteiger partial charge in [0.2, 0.25) is 0 Å². The van der Waals surface area contributed by atoms with Crippen LogP contribution in [0.3, 0.4) is 0 Å². The van der Waals surface area contributed by atoms with Crippen molar-refractivity contribution in [2.45, 2.75) is 56.5 Å². The van der Waals surface area contributed by atoms with Crippen molar-refractivity contribution in [1.82, 2.24) is 24.7 Å². The Balaban J connectivity index is 1.28. The van der Waals surface area contributed by atoms with Crippen molar-refractivity contribution in [1.29, 1.82) is 0 Å². The van der Waals surface area contributed by atoms with Gasteiger partial charge in [0, 0.05) is 24.2 Å². The van der Waals surface area contributed by atoms with Gasteiger partial charge in [-0.3, -0.25) is 4.79 Å². The van der Waals surface area contributed by atoms with Crippen LogP contribution in [0.1, 0.15) is 56.2 Å². The number of aromatic amines is 1. The van der Waals surface area contributed by atoms with Crippen LogP contribution in [0.4, 0.5) is 5.82 Å². The third-order valence-electron chi connectivity index (χ3n) is 5.58. The minimum absolute atomic E-state index is 0.0237. The molecule has 2 N–H and O–H groups in total. The van der Waals surface area contributed by atoms with Crippen LogP contribution in [0.15, 0.2) is 35.5 Å². The summed E-state index contributed by atoms with van der Waals surface area (Å²) in [6, 6.07) is 6.16. The van der Waals surface area contributed by atoms with Gasteiger partial charge in [0.15, 0.2) is 0 Å². The summed E-state index contributed by atoms with van der Waals surface area (Å²) in [4.78, 5) is 24.0. The number of nitrogens with zero attached hydrogens (tertiary/aromatic N) is 4. The number of hydrogen-bond acceptors (Lipinski definition) is 5. The topological polar surface area (TPSA) is 88.5 Å². The highest BCUT2D eigenvalue weighted by molar-refractivity contribution is 5.86. The first-order valence-corrected chi connectivity index (χ1v) is 9.42. The first-order chi connectivity index (χ1) is 12.8. The van der Waals surface area contributed by atoms with Gasteiger partial charge in [0.1, 0.15) is 17.8 Å². The molecule has 0 saturated heterocycles. The SMILES string of the molecule is O=c1ccc(C2CC2)nn1C1CCC(Nc2ncnc3[nH]ccc23)CC1. The fraction of sp³-hybridized carbons (Fsp3) is 0.474. The van der Waals surface area contributed by atoms with Crippen molar-refractivity contribution >= 4 is 16.9 Å². The van der Waals surface area contributed by atoms with E-state index in [4.69, 9.17) is 0 Å². The lowest BCUT2D eigenvalue weighted by atomic mass is 9.91. The zero-order valence-electron chi connectivity index (χ0n) is 14.6. The molecular formula is C19H22N6O. The molecule has 0 unspecified atom stereocenters. The molecule has 2 fully saturated rings. The van der Waals surface area contributed by atoms with Gasteiger partial charge in [0.05, 0.1) is 17.1 Å². The maximum Gasteiger partial charge on any atom is 0.267 e. The van der Waals surface area contributed by atoms with Gasteiger partial charge in [-0.05, 0) is 50.7 Å². The molecule has 134 valence electrons. The number of rotatable bonds is 4. The van der Waals surface area contributed by atoms with E-state index in [1.807, 2.05) is 18.3 Å². The first kappa shape index (κ1) is 15.5. The lowest BCUT2D eigenvalue weighted by molar-refractivity contribution is 0.301. The second-order valence-corrected chi connectivity index (χ2v) is 7.43. The maximum atomic E-state index is 12.3. The van der Waals surface area contributed by atoms with E-state index in [-0.39, 0.29) is 11.6 Å². The second kappa shape index (κ2) is 6.23. The highest BCUT2D eigenvalue weighted by atomic mass is 16.1. The lowest BCUT2D eigenvalue weighted by Crippen LogP contribution is -2.33. The van der Waals surface area contributed by atoms with Crippen LogP contribution in [0.2, 0.25) is 0 Å². The highest BCUT2D eigenvalue weighted by Crippen LogP contribution is 2.39. The number of hydrogen-bond donors (Lipinski definition) is 2. The Bertz CT molecular complexity index is 981. The molecule has 3 heterocycles. The van der Waals surface area contributed by atoms with Crippen LogP contribution >= 0.6 is 0 Å². The van der Waals surface area contributed by atoms with Gasteiger partial charge in [-0.1, -0.05) is 0 Å². The molecule has 2 saturated carbocycles. The predicted octanol–water partition coefficient (Wildman–Crippen LogP) is 2.99. The quantitative estimate of drug-likeness (QED) is 0.755.